The van der Waals surface area contributed by atoms with Crippen LogP contribution in [0.25, 0.3) is 0 Å². The van der Waals surface area contributed by atoms with Gasteiger partial charge in [-0.25, -0.2) is 0 Å². The largest absolute Gasteiger partial charge is 0.496 e. The summed E-state index contributed by atoms with van der Waals surface area (Å²) >= 11 is 0. The molecule has 0 spiro atoms. The molecule has 1 aromatic carbocycles. The molecule has 1 amide bonds. The molecule has 1 heterocycles. The van der Waals surface area contributed by atoms with E-state index in [4.69, 9.17) is 15.2 Å². The predicted molar refractivity (Wildman–Crippen MR) is 70.6 cm³/mol. The summed E-state index contributed by atoms with van der Waals surface area (Å²) in [4.78, 5) is 22.5. The van der Waals surface area contributed by atoms with Crippen molar-refractivity contribution in [3.63, 3.8) is 0 Å². The van der Waals surface area contributed by atoms with Crippen LogP contribution in [0, 0.1) is 16.0 Å². The highest BCUT2D eigenvalue weighted by Gasteiger charge is 2.32. The first-order valence-corrected chi connectivity index (χ1v) is 5.99. The molecule has 8 nitrogen and oxygen atoms in total. The lowest BCUT2D eigenvalue weighted by Gasteiger charge is -2.13. The lowest BCUT2D eigenvalue weighted by atomic mass is 10.0. The summed E-state index contributed by atoms with van der Waals surface area (Å²) in [6.45, 7) is 0.528. The highest BCUT2D eigenvalue weighted by molar-refractivity contribution is 5.95. The molecule has 2 unspecified atom stereocenters. The molecule has 2 atom stereocenters. The van der Waals surface area contributed by atoms with Gasteiger partial charge in [-0.2, -0.15) is 0 Å². The van der Waals surface area contributed by atoms with Crippen molar-refractivity contribution in [2.45, 2.75) is 6.04 Å². The molecule has 1 saturated heterocycles. The van der Waals surface area contributed by atoms with E-state index in [0.717, 1.165) is 0 Å². The van der Waals surface area contributed by atoms with Gasteiger partial charge in [0.15, 0.2) is 0 Å². The smallest absolute Gasteiger partial charge is 0.296 e. The van der Waals surface area contributed by atoms with Crippen LogP contribution in [0.5, 0.6) is 5.75 Å². The van der Waals surface area contributed by atoms with Gasteiger partial charge in [0.2, 0.25) is 5.91 Å². The second-order valence-electron chi connectivity index (χ2n) is 4.44. The van der Waals surface area contributed by atoms with Crippen molar-refractivity contribution in [3.05, 3.63) is 28.3 Å². The number of nitrogens with two attached hydrogens (primary N) is 1. The molecule has 1 aromatic rings. The quantitative estimate of drug-likeness (QED) is 0.613. The maximum Gasteiger partial charge on any atom is 0.296 e. The summed E-state index contributed by atoms with van der Waals surface area (Å²) < 4.78 is 10.0. The van der Waals surface area contributed by atoms with E-state index in [-0.39, 0.29) is 23.9 Å². The number of nitrogens with zero attached hydrogens (tertiary/aromatic N) is 1. The van der Waals surface area contributed by atoms with Gasteiger partial charge in [0.25, 0.3) is 5.69 Å². The standard InChI is InChI=1S/C12H15N3O5/c1-19-7-2-3-10(11(4-7)15(17)18)14-12(16)8-5-20-6-9(8)13/h2-4,8-9H,5-6,13H2,1H3,(H,14,16). The van der Waals surface area contributed by atoms with E-state index in [9.17, 15) is 14.9 Å². The Kier molecular flexibility index (Phi) is 4.16. The number of hydrogen-bond acceptors (Lipinski definition) is 6. The maximum absolute atomic E-state index is 12.0. The van der Waals surface area contributed by atoms with Gasteiger partial charge < -0.3 is 20.5 Å². The lowest BCUT2D eigenvalue weighted by molar-refractivity contribution is -0.384. The molecule has 1 aliphatic rings. The number of anilines is 1. The zero-order valence-electron chi connectivity index (χ0n) is 10.9. The van der Waals surface area contributed by atoms with Gasteiger partial charge in [-0.15, -0.1) is 0 Å². The number of benzene rings is 1. The molecule has 0 bridgehead atoms. The van der Waals surface area contributed by atoms with Crippen LogP contribution in [0.15, 0.2) is 18.2 Å². The van der Waals surface area contributed by atoms with Gasteiger partial charge in [-0.1, -0.05) is 0 Å². The Morgan fingerprint density at radius 2 is 2.30 bits per heavy atom. The van der Waals surface area contributed by atoms with Crippen molar-refractivity contribution in [2.75, 3.05) is 25.6 Å². The molecule has 2 rings (SSSR count). The molecule has 0 aliphatic carbocycles. The van der Waals surface area contributed by atoms with Gasteiger partial charge >= 0.3 is 0 Å². The third-order valence-corrected chi connectivity index (χ3v) is 3.12. The van der Waals surface area contributed by atoms with Crippen LogP contribution in [0.4, 0.5) is 11.4 Å². The molecule has 1 aliphatic heterocycles. The fourth-order valence-corrected chi connectivity index (χ4v) is 1.96. The maximum atomic E-state index is 12.0. The minimum Gasteiger partial charge on any atom is -0.496 e. The van der Waals surface area contributed by atoms with Crippen LogP contribution in [-0.4, -0.2) is 37.2 Å². The molecule has 8 heteroatoms. The second kappa shape index (κ2) is 5.85. The number of nitro benzene ring substituents is 1. The topological polar surface area (TPSA) is 117 Å². The number of ether oxygens (including phenoxy) is 2. The van der Waals surface area contributed by atoms with E-state index in [1.165, 1.54) is 25.3 Å². The van der Waals surface area contributed by atoms with Crippen LogP contribution < -0.4 is 15.8 Å². The number of nitrogens with one attached hydrogen (secondary N) is 1. The van der Waals surface area contributed by atoms with Crippen molar-refractivity contribution in [3.8, 4) is 5.75 Å². The van der Waals surface area contributed by atoms with E-state index in [0.29, 0.717) is 12.4 Å². The van der Waals surface area contributed by atoms with Crippen molar-refractivity contribution in [1.29, 1.82) is 0 Å². The highest BCUT2D eigenvalue weighted by Crippen LogP contribution is 2.29. The van der Waals surface area contributed by atoms with Gasteiger partial charge in [0.1, 0.15) is 11.4 Å². The van der Waals surface area contributed by atoms with Gasteiger partial charge in [-0.3, -0.25) is 14.9 Å². The molecule has 20 heavy (non-hydrogen) atoms. The molecule has 3 N–H and O–H groups in total. The number of nitro groups is 1. The normalized spacial score (nSPS) is 21.5. The van der Waals surface area contributed by atoms with Crippen molar-refractivity contribution in [1.82, 2.24) is 0 Å². The third-order valence-electron chi connectivity index (χ3n) is 3.12. The summed E-state index contributed by atoms with van der Waals surface area (Å²) in [5, 5.41) is 13.5. The summed E-state index contributed by atoms with van der Waals surface area (Å²) in [7, 11) is 1.41. The summed E-state index contributed by atoms with van der Waals surface area (Å²) in [6.07, 6.45) is 0. The minimum absolute atomic E-state index is 0.111. The first-order valence-electron chi connectivity index (χ1n) is 5.99. The molecule has 108 valence electrons. The number of amides is 1. The minimum atomic E-state index is -0.580. The zero-order valence-corrected chi connectivity index (χ0v) is 10.9. The monoisotopic (exact) mass is 281 g/mol. The Morgan fingerprint density at radius 1 is 1.55 bits per heavy atom. The fourth-order valence-electron chi connectivity index (χ4n) is 1.96. The number of carbonyl (C=O) groups excluding carboxylic acids is 1. The number of hydrogen-bond donors (Lipinski definition) is 2. The Hall–Kier alpha value is -2.19. The molecular formula is C12H15N3O5. The van der Waals surface area contributed by atoms with Crippen molar-refractivity contribution < 1.29 is 19.2 Å². The second-order valence-corrected chi connectivity index (χ2v) is 4.44. The van der Waals surface area contributed by atoms with Gasteiger partial charge in [0, 0.05) is 6.04 Å². The van der Waals surface area contributed by atoms with Crippen LogP contribution in [0.1, 0.15) is 0 Å². The molecule has 1 fully saturated rings. The van der Waals surface area contributed by atoms with Crippen molar-refractivity contribution >= 4 is 17.3 Å². The van der Waals surface area contributed by atoms with E-state index >= 15 is 0 Å². The van der Waals surface area contributed by atoms with Gasteiger partial charge in [-0.05, 0) is 12.1 Å². The highest BCUT2D eigenvalue weighted by atomic mass is 16.6. The Labute approximate surface area is 115 Å². The average molecular weight is 281 g/mol. The Balaban J connectivity index is 2.20. The van der Waals surface area contributed by atoms with E-state index in [2.05, 4.69) is 5.32 Å². The molecular weight excluding hydrogens is 266 g/mol. The van der Waals surface area contributed by atoms with Gasteiger partial charge in [0.05, 0.1) is 37.2 Å². The molecule has 0 radical (unpaired) electrons. The van der Waals surface area contributed by atoms with Crippen LogP contribution in [-0.2, 0) is 9.53 Å². The number of rotatable bonds is 4. The fraction of sp³-hybridized carbons (Fsp3) is 0.417. The summed E-state index contributed by atoms with van der Waals surface area (Å²) in [5.41, 5.74) is 5.62. The summed E-state index contributed by atoms with van der Waals surface area (Å²) in [6, 6.07) is 3.82. The average Bonchev–Trinajstić information content (AvgIpc) is 2.85. The van der Waals surface area contributed by atoms with E-state index < -0.39 is 16.9 Å². The number of methoxy groups -OCH3 is 1. The SMILES string of the molecule is COc1ccc(NC(=O)C2COCC2N)c([N+](=O)[O-])c1. The van der Waals surface area contributed by atoms with Crippen LogP contribution in [0.2, 0.25) is 0 Å². The Morgan fingerprint density at radius 3 is 2.85 bits per heavy atom. The predicted octanol–water partition coefficient (Wildman–Crippen LogP) is 0.516. The first-order chi connectivity index (χ1) is 9.52. The van der Waals surface area contributed by atoms with Crippen molar-refractivity contribution in [2.24, 2.45) is 11.7 Å². The number of carbonyl (C=O) groups is 1. The molecule has 0 saturated carbocycles. The zero-order chi connectivity index (χ0) is 14.7. The lowest BCUT2D eigenvalue weighted by Crippen LogP contribution is -2.37. The summed E-state index contributed by atoms with van der Waals surface area (Å²) in [5.74, 6) is -0.546. The third kappa shape index (κ3) is 2.86. The Bertz CT molecular complexity index is 534. The van der Waals surface area contributed by atoms with Crippen LogP contribution >= 0.6 is 0 Å². The van der Waals surface area contributed by atoms with E-state index in [1.54, 1.807) is 0 Å². The molecule has 0 aromatic heterocycles. The van der Waals surface area contributed by atoms with Crippen LogP contribution in [0.3, 0.4) is 0 Å². The van der Waals surface area contributed by atoms with E-state index in [1.807, 2.05) is 0 Å². The first kappa shape index (κ1) is 14.2.